The van der Waals surface area contributed by atoms with Gasteiger partial charge >= 0.3 is 0 Å². The van der Waals surface area contributed by atoms with Gasteiger partial charge in [0, 0.05) is 25.5 Å². The van der Waals surface area contributed by atoms with Crippen LogP contribution >= 0.6 is 0 Å². The zero-order valence-electron chi connectivity index (χ0n) is 11.8. The topological polar surface area (TPSA) is 58.4 Å². The number of carbonyl (C=O) groups excluding carboxylic acids is 1. The summed E-state index contributed by atoms with van der Waals surface area (Å²) in [6, 6.07) is 5.45. The normalized spacial score (nSPS) is 12.4. The van der Waals surface area contributed by atoms with Crippen molar-refractivity contribution in [3.8, 4) is 0 Å². The highest BCUT2D eigenvalue weighted by Crippen LogP contribution is 2.21. The second-order valence-corrected chi connectivity index (χ2v) is 5.15. The average molecular weight is 249 g/mol. The van der Waals surface area contributed by atoms with E-state index in [1.165, 1.54) is 0 Å². The Balaban J connectivity index is 2.83. The summed E-state index contributed by atoms with van der Waals surface area (Å²) in [7, 11) is 3.98. The van der Waals surface area contributed by atoms with Gasteiger partial charge < -0.3 is 16.0 Å². The molecule has 18 heavy (non-hydrogen) atoms. The minimum Gasteiger partial charge on any atom is -0.378 e. The maximum atomic E-state index is 11.9. The number of amides is 1. The number of nitrogens with zero attached hydrogens (tertiary/aromatic N) is 1. The molecule has 4 nitrogen and oxygen atoms in total. The molecule has 1 amide bonds. The van der Waals surface area contributed by atoms with Crippen LogP contribution in [0.5, 0.6) is 0 Å². The maximum absolute atomic E-state index is 11.9. The van der Waals surface area contributed by atoms with Crippen LogP contribution < -0.4 is 16.0 Å². The molecule has 0 bridgehead atoms. The number of anilines is 2. The average Bonchev–Trinajstić information content (AvgIpc) is 2.30. The first-order valence-corrected chi connectivity index (χ1v) is 6.17. The van der Waals surface area contributed by atoms with Gasteiger partial charge in [-0.3, -0.25) is 4.79 Å². The molecule has 0 aliphatic rings. The second kappa shape index (κ2) is 5.87. The molecule has 0 aliphatic carbocycles. The molecule has 1 aromatic rings. The van der Waals surface area contributed by atoms with E-state index in [0.29, 0.717) is 0 Å². The van der Waals surface area contributed by atoms with E-state index in [1.54, 1.807) is 0 Å². The van der Waals surface area contributed by atoms with Gasteiger partial charge in [-0.2, -0.15) is 0 Å². The molecule has 0 aliphatic heterocycles. The second-order valence-electron chi connectivity index (χ2n) is 5.15. The van der Waals surface area contributed by atoms with Gasteiger partial charge in [0.25, 0.3) is 0 Å². The molecule has 0 saturated heterocycles. The summed E-state index contributed by atoms with van der Waals surface area (Å²) in [6.07, 6.45) is 0. The van der Waals surface area contributed by atoms with Crippen molar-refractivity contribution in [2.75, 3.05) is 24.3 Å². The van der Waals surface area contributed by atoms with Crippen LogP contribution in [-0.4, -0.2) is 26.0 Å². The summed E-state index contributed by atoms with van der Waals surface area (Å²) >= 11 is 0. The molecule has 0 spiro atoms. The van der Waals surface area contributed by atoms with E-state index in [9.17, 15) is 4.79 Å². The van der Waals surface area contributed by atoms with Crippen molar-refractivity contribution in [2.24, 2.45) is 11.7 Å². The molecule has 4 heteroatoms. The summed E-state index contributed by atoms with van der Waals surface area (Å²) in [4.78, 5) is 13.9. The molecular weight excluding hydrogens is 226 g/mol. The minimum atomic E-state index is -0.474. The van der Waals surface area contributed by atoms with E-state index in [2.05, 4.69) is 5.32 Å². The Labute approximate surface area is 109 Å². The maximum Gasteiger partial charge on any atom is 0.241 e. The molecule has 0 fully saturated rings. The predicted octanol–water partition coefficient (Wildman–Crippen LogP) is 1.98. The first-order valence-electron chi connectivity index (χ1n) is 6.17. The summed E-state index contributed by atoms with van der Waals surface area (Å²) < 4.78 is 0. The Bertz CT molecular complexity index is 427. The van der Waals surface area contributed by atoms with Crippen LogP contribution in [0.15, 0.2) is 18.2 Å². The summed E-state index contributed by atoms with van der Waals surface area (Å²) in [5, 5.41) is 2.87. The molecule has 0 radical (unpaired) electrons. The van der Waals surface area contributed by atoms with Crippen LogP contribution in [0.2, 0.25) is 0 Å². The third kappa shape index (κ3) is 3.47. The van der Waals surface area contributed by atoms with Gasteiger partial charge in [-0.05, 0) is 36.6 Å². The van der Waals surface area contributed by atoms with Crippen LogP contribution in [0.25, 0.3) is 0 Å². The predicted molar refractivity (Wildman–Crippen MR) is 76.9 cm³/mol. The number of nitrogens with two attached hydrogens (primary N) is 1. The number of nitrogens with one attached hydrogen (secondary N) is 1. The molecule has 1 atom stereocenters. The smallest absolute Gasteiger partial charge is 0.241 e. The number of carbonyl (C=O) groups is 1. The number of hydrogen-bond acceptors (Lipinski definition) is 3. The van der Waals surface area contributed by atoms with Crippen LogP contribution in [-0.2, 0) is 4.79 Å². The first kappa shape index (κ1) is 14.5. The number of hydrogen-bond donors (Lipinski definition) is 2. The molecular formula is C14H23N3O. The molecule has 0 aromatic heterocycles. The van der Waals surface area contributed by atoms with E-state index in [0.717, 1.165) is 16.9 Å². The van der Waals surface area contributed by atoms with Gasteiger partial charge in [-0.1, -0.05) is 13.8 Å². The van der Waals surface area contributed by atoms with Crippen molar-refractivity contribution in [2.45, 2.75) is 26.8 Å². The highest BCUT2D eigenvalue weighted by molar-refractivity contribution is 5.95. The van der Waals surface area contributed by atoms with Crippen molar-refractivity contribution < 1.29 is 4.79 Å². The van der Waals surface area contributed by atoms with Gasteiger partial charge in [-0.15, -0.1) is 0 Å². The van der Waals surface area contributed by atoms with Crippen molar-refractivity contribution in [3.05, 3.63) is 23.8 Å². The Morgan fingerprint density at radius 3 is 2.39 bits per heavy atom. The van der Waals surface area contributed by atoms with Crippen LogP contribution in [0.1, 0.15) is 19.4 Å². The van der Waals surface area contributed by atoms with Gasteiger partial charge in [0.2, 0.25) is 5.91 Å². The van der Waals surface area contributed by atoms with Gasteiger partial charge in [0.1, 0.15) is 0 Å². The van der Waals surface area contributed by atoms with E-state index in [4.69, 9.17) is 5.73 Å². The van der Waals surface area contributed by atoms with Gasteiger partial charge in [0.05, 0.1) is 6.04 Å². The number of benzene rings is 1. The molecule has 0 unspecified atom stereocenters. The standard InChI is InChI=1S/C14H23N3O/c1-9(2)13(15)14(18)16-12-7-6-11(17(4)5)8-10(12)3/h6-9,13H,15H2,1-5H3,(H,16,18)/t13-/m1/s1. The Kier molecular flexibility index (Phi) is 4.73. The molecule has 3 N–H and O–H groups in total. The summed E-state index contributed by atoms with van der Waals surface area (Å²) in [6.45, 7) is 5.85. The lowest BCUT2D eigenvalue weighted by molar-refractivity contribution is -0.118. The third-order valence-electron chi connectivity index (χ3n) is 3.01. The Morgan fingerprint density at radius 1 is 1.33 bits per heavy atom. The number of rotatable bonds is 4. The molecule has 1 rings (SSSR count). The third-order valence-corrected chi connectivity index (χ3v) is 3.01. The number of aryl methyl sites for hydroxylation is 1. The van der Waals surface area contributed by atoms with Crippen LogP contribution in [0, 0.1) is 12.8 Å². The van der Waals surface area contributed by atoms with E-state index < -0.39 is 6.04 Å². The molecule has 0 heterocycles. The monoisotopic (exact) mass is 249 g/mol. The zero-order valence-corrected chi connectivity index (χ0v) is 11.8. The van der Waals surface area contributed by atoms with E-state index >= 15 is 0 Å². The lowest BCUT2D eigenvalue weighted by Gasteiger charge is -2.18. The Morgan fingerprint density at radius 2 is 1.94 bits per heavy atom. The van der Waals surface area contributed by atoms with Crippen molar-refractivity contribution in [1.82, 2.24) is 0 Å². The molecule has 0 saturated carbocycles. The van der Waals surface area contributed by atoms with Crippen molar-refractivity contribution in [3.63, 3.8) is 0 Å². The zero-order chi connectivity index (χ0) is 13.9. The fourth-order valence-electron chi connectivity index (χ4n) is 1.59. The van der Waals surface area contributed by atoms with Crippen LogP contribution in [0.4, 0.5) is 11.4 Å². The SMILES string of the molecule is Cc1cc(N(C)C)ccc1NC(=O)[C@H](N)C(C)C. The summed E-state index contributed by atoms with van der Waals surface area (Å²) in [5.74, 6) is -0.00272. The first-order chi connectivity index (χ1) is 8.32. The van der Waals surface area contributed by atoms with E-state index in [-0.39, 0.29) is 11.8 Å². The van der Waals surface area contributed by atoms with Crippen molar-refractivity contribution >= 4 is 17.3 Å². The fraction of sp³-hybridized carbons (Fsp3) is 0.500. The van der Waals surface area contributed by atoms with Crippen molar-refractivity contribution in [1.29, 1.82) is 0 Å². The lowest BCUT2D eigenvalue weighted by atomic mass is 10.0. The quantitative estimate of drug-likeness (QED) is 0.858. The minimum absolute atomic E-state index is 0.131. The molecule has 1 aromatic carbocycles. The Hall–Kier alpha value is -1.55. The van der Waals surface area contributed by atoms with E-state index in [1.807, 2.05) is 58.0 Å². The van der Waals surface area contributed by atoms with Crippen LogP contribution in [0.3, 0.4) is 0 Å². The fourth-order valence-corrected chi connectivity index (χ4v) is 1.59. The largest absolute Gasteiger partial charge is 0.378 e. The highest BCUT2D eigenvalue weighted by Gasteiger charge is 2.17. The van der Waals surface area contributed by atoms with Gasteiger partial charge in [-0.25, -0.2) is 0 Å². The summed E-state index contributed by atoms with van der Waals surface area (Å²) in [5.41, 5.74) is 8.78. The molecule has 100 valence electrons. The van der Waals surface area contributed by atoms with Gasteiger partial charge in [0.15, 0.2) is 0 Å². The lowest BCUT2D eigenvalue weighted by Crippen LogP contribution is -2.39. The highest BCUT2D eigenvalue weighted by atomic mass is 16.2.